The summed E-state index contributed by atoms with van der Waals surface area (Å²) < 4.78 is 19.5. The van der Waals surface area contributed by atoms with Gasteiger partial charge in [0.2, 0.25) is 5.91 Å². The lowest BCUT2D eigenvalue weighted by atomic mass is 10.0. The molecule has 0 bridgehead atoms. The summed E-state index contributed by atoms with van der Waals surface area (Å²) in [6, 6.07) is 11.4. The van der Waals surface area contributed by atoms with Crippen LogP contribution in [0.25, 0.3) is 10.9 Å². The average Bonchev–Trinajstić information content (AvgIpc) is 3.15. The molecule has 0 spiro atoms. The number of para-hydroxylation sites is 1. The molecule has 2 heterocycles. The van der Waals surface area contributed by atoms with Crippen LogP contribution in [0.3, 0.4) is 0 Å². The number of rotatable bonds is 4. The average molecular weight is 424 g/mol. The number of amides is 2. The molecule has 1 aromatic heterocycles. The third-order valence-electron chi connectivity index (χ3n) is 5.78. The summed E-state index contributed by atoms with van der Waals surface area (Å²) in [7, 11) is 1.45. The molecule has 1 aliphatic heterocycles. The maximum Gasteiger partial charge on any atom is 0.257 e. The summed E-state index contributed by atoms with van der Waals surface area (Å²) in [5.41, 5.74) is 1.60. The van der Waals surface area contributed by atoms with Gasteiger partial charge in [0.1, 0.15) is 11.6 Å². The third kappa shape index (κ3) is 3.97. The fourth-order valence-electron chi connectivity index (χ4n) is 4.27. The molecule has 0 radical (unpaired) electrons. The van der Waals surface area contributed by atoms with E-state index in [1.807, 2.05) is 38.1 Å². The minimum absolute atomic E-state index is 0.00210. The lowest BCUT2D eigenvalue weighted by Gasteiger charge is -2.44. The molecular weight excluding hydrogens is 399 g/mol. The number of aromatic amines is 1. The first-order chi connectivity index (χ1) is 14.9. The number of carbonyl (C=O) groups is 2. The first-order valence-corrected chi connectivity index (χ1v) is 10.2. The SMILES string of the molecule is COc1ccc(C(=O)N2[C@H](C)CN(C(=O)Cc3n[nH]c4ccccc34)C[C@H]2C)c(F)c1. The number of H-pyrrole nitrogens is 1. The molecule has 0 aliphatic carbocycles. The van der Waals surface area contributed by atoms with Gasteiger partial charge in [-0.15, -0.1) is 0 Å². The van der Waals surface area contributed by atoms with Gasteiger partial charge in [-0.05, 0) is 32.0 Å². The number of hydrogen-bond donors (Lipinski definition) is 1. The Morgan fingerprint density at radius 3 is 2.55 bits per heavy atom. The fraction of sp³-hybridized carbons (Fsp3) is 0.348. The maximum atomic E-state index is 14.4. The number of piperazine rings is 1. The van der Waals surface area contributed by atoms with E-state index in [0.29, 0.717) is 24.5 Å². The Kier molecular flexibility index (Phi) is 5.63. The van der Waals surface area contributed by atoms with Crippen LogP contribution < -0.4 is 4.74 Å². The van der Waals surface area contributed by atoms with E-state index in [1.165, 1.54) is 19.2 Å². The van der Waals surface area contributed by atoms with Crippen molar-refractivity contribution in [3.05, 3.63) is 59.5 Å². The second-order valence-corrected chi connectivity index (χ2v) is 7.95. The second-order valence-electron chi connectivity index (χ2n) is 7.95. The lowest BCUT2D eigenvalue weighted by molar-refractivity contribution is -0.134. The van der Waals surface area contributed by atoms with E-state index in [1.54, 1.807) is 15.9 Å². The van der Waals surface area contributed by atoms with Gasteiger partial charge in [0.05, 0.1) is 30.3 Å². The molecule has 4 rings (SSSR count). The van der Waals surface area contributed by atoms with E-state index >= 15 is 0 Å². The Bertz CT molecular complexity index is 1120. The molecule has 3 aromatic rings. The van der Waals surface area contributed by atoms with Gasteiger partial charge < -0.3 is 14.5 Å². The van der Waals surface area contributed by atoms with E-state index in [0.717, 1.165) is 10.9 Å². The number of ether oxygens (including phenoxy) is 1. The standard InChI is InChI=1S/C23H25FN4O3/c1-14-12-27(22(29)11-21-18-6-4-5-7-20(18)25-26-21)13-15(2)28(14)23(30)17-9-8-16(31-3)10-19(17)24/h4-10,14-15H,11-13H2,1-3H3,(H,25,26)/t14-,15-/m1/s1. The van der Waals surface area contributed by atoms with Crippen LogP contribution in [0.15, 0.2) is 42.5 Å². The van der Waals surface area contributed by atoms with E-state index in [-0.39, 0.29) is 35.9 Å². The van der Waals surface area contributed by atoms with Crippen LogP contribution >= 0.6 is 0 Å². The van der Waals surface area contributed by atoms with E-state index in [2.05, 4.69) is 10.2 Å². The van der Waals surface area contributed by atoms with Gasteiger partial charge in [0.25, 0.3) is 5.91 Å². The van der Waals surface area contributed by atoms with Crippen molar-refractivity contribution in [2.75, 3.05) is 20.2 Å². The number of benzene rings is 2. The first-order valence-electron chi connectivity index (χ1n) is 10.2. The molecule has 2 amide bonds. The minimum Gasteiger partial charge on any atom is -0.497 e. The van der Waals surface area contributed by atoms with Crippen LogP contribution in [0.1, 0.15) is 29.9 Å². The van der Waals surface area contributed by atoms with Gasteiger partial charge in [-0.3, -0.25) is 14.7 Å². The van der Waals surface area contributed by atoms with Crippen molar-refractivity contribution in [2.45, 2.75) is 32.4 Å². The van der Waals surface area contributed by atoms with Crippen molar-refractivity contribution in [3.8, 4) is 5.75 Å². The smallest absolute Gasteiger partial charge is 0.257 e. The predicted octanol–water partition coefficient (Wildman–Crippen LogP) is 3.01. The number of aromatic nitrogens is 2. The minimum atomic E-state index is -0.618. The molecule has 1 N–H and O–H groups in total. The number of hydrogen-bond acceptors (Lipinski definition) is 4. The van der Waals surface area contributed by atoms with Crippen LogP contribution in [-0.2, 0) is 11.2 Å². The highest BCUT2D eigenvalue weighted by atomic mass is 19.1. The highest BCUT2D eigenvalue weighted by molar-refractivity contribution is 5.95. The molecule has 7 nitrogen and oxygen atoms in total. The van der Waals surface area contributed by atoms with Crippen molar-refractivity contribution < 1.29 is 18.7 Å². The molecule has 1 aliphatic rings. The zero-order valence-electron chi connectivity index (χ0n) is 17.8. The highest BCUT2D eigenvalue weighted by Gasteiger charge is 2.36. The van der Waals surface area contributed by atoms with Gasteiger partial charge in [-0.1, -0.05) is 18.2 Å². The number of nitrogens with one attached hydrogen (secondary N) is 1. The Balaban J connectivity index is 1.47. The normalized spacial score (nSPS) is 19.0. The van der Waals surface area contributed by atoms with Crippen LogP contribution in [0.4, 0.5) is 4.39 Å². The molecular formula is C23H25FN4O3. The monoisotopic (exact) mass is 424 g/mol. The number of methoxy groups -OCH3 is 1. The van der Waals surface area contributed by atoms with Crippen molar-refractivity contribution in [1.82, 2.24) is 20.0 Å². The zero-order valence-corrected chi connectivity index (χ0v) is 17.8. The molecule has 31 heavy (non-hydrogen) atoms. The molecule has 1 saturated heterocycles. The molecule has 2 atom stereocenters. The van der Waals surface area contributed by atoms with Crippen LogP contribution in [0.5, 0.6) is 5.75 Å². The summed E-state index contributed by atoms with van der Waals surface area (Å²) >= 11 is 0. The summed E-state index contributed by atoms with van der Waals surface area (Å²) in [4.78, 5) is 29.4. The number of carbonyl (C=O) groups excluding carboxylic acids is 2. The van der Waals surface area contributed by atoms with E-state index < -0.39 is 5.82 Å². The Hall–Kier alpha value is -3.42. The lowest BCUT2D eigenvalue weighted by Crippen LogP contribution is -2.60. The summed E-state index contributed by atoms with van der Waals surface area (Å²) in [5, 5.41) is 8.17. The Morgan fingerprint density at radius 2 is 1.87 bits per heavy atom. The van der Waals surface area contributed by atoms with Gasteiger partial charge in [-0.2, -0.15) is 5.10 Å². The Morgan fingerprint density at radius 1 is 1.16 bits per heavy atom. The second kappa shape index (κ2) is 8.37. The number of fused-ring (bicyclic) bond motifs is 1. The topological polar surface area (TPSA) is 78.5 Å². The van der Waals surface area contributed by atoms with Gasteiger partial charge in [0, 0.05) is 36.6 Å². The van der Waals surface area contributed by atoms with Crippen LogP contribution in [0.2, 0.25) is 0 Å². The van der Waals surface area contributed by atoms with E-state index in [9.17, 15) is 14.0 Å². The first kappa shape index (κ1) is 20.8. The molecule has 1 fully saturated rings. The predicted molar refractivity (Wildman–Crippen MR) is 114 cm³/mol. The molecule has 8 heteroatoms. The van der Waals surface area contributed by atoms with Crippen molar-refractivity contribution in [2.24, 2.45) is 0 Å². The van der Waals surface area contributed by atoms with Crippen molar-refractivity contribution in [3.63, 3.8) is 0 Å². The summed E-state index contributed by atoms with van der Waals surface area (Å²) in [5.74, 6) is -0.687. The van der Waals surface area contributed by atoms with Crippen molar-refractivity contribution in [1.29, 1.82) is 0 Å². The summed E-state index contributed by atoms with van der Waals surface area (Å²) in [6.45, 7) is 4.52. The number of halogens is 1. The highest BCUT2D eigenvalue weighted by Crippen LogP contribution is 2.24. The zero-order chi connectivity index (χ0) is 22.1. The maximum absolute atomic E-state index is 14.4. The molecule has 162 valence electrons. The van der Waals surface area contributed by atoms with Gasteiger partial charge in [0.15, 0.2) is 0 Å². The largest absolute Gasteiger partial charge is 0.497 e. The quantitative estimate of drug-likeness (QED) is 0.698. The van der Waals surface area contributed by atoms with Crippen molar-refractivity contribution >= 4 is 22.7 Å². The third-order valence-corrected chi connectivity index (χ3v) is 5.78. The van der Waals surface area contributed by atoms with Gasteiger partial charge in [-0.25, -0.2) is 4.39 Å². The fourth-order valence-corrected chi connectivity index (χ4v) is 4.27. The van der Waals surface area contributed by atoms with E-state index in [4.69, 9.17) is 4.74 Å². The molecule has 0 unspecified atom stereocenters. The molecule has 0 saturated carbocycles. The van der Waals surface area contributed by atoms with Gasteiger partial charge >= 0.3 is 0 Å². The van der Waals surface area contributed by atoms with Crippen LogP contribution in [-0.4, -0.2) is 64.1 Å². The number of nitrogens with zero attached hydrogens (tertiary/aromatic N) is 3. The summed E-state index contributed by atoms with van der Waals surface area (Å²) in [6.07, 6.45) is 0.185. The Labute approximate surface area is 179 Å². The molecule has 2 aromatic carbocycles. The van der Waals surface area contributed by atoms with Crippen LogP contribution in [0, 0.1) is 5.82 Å².